The Balaban J connectivity index is 1.47. The summed E-state index contributed by atoms with van der Waals surface area (Å²) < 4.78 is 0. The molecule has 0 spiro atoms. The van der Waals surface area contributed by atoms with Gasteiger partial charge >= 0.3 is 5.97 Å². The first-order valence-corrected chi connectivity index (χ1v) is 12.0. The normalized spacial score (nSPS) is 27.8. The third kappa shape index (κ3) is 5.01. The van der Waals surface area contributed by atoms with Crippen LogP contribution in [0.15, 0.2) is 24.3 Å². The number of allylic oxidation sites excluding steroid dienone is 1. The zero-order valence-corrected chi connectivity index (χ0v) is 18.4. The van der Waals surface area contributed by atoms with Gasteiger partial charge in [-0.2, -0.15) is 0 Å². The van der Waals surface area contributed by atoms with E-state index in [2.05, 4.69) is 19.1 Å². The summed E-state index contributed by atoms with van der Waals surface area (Å²) in [7, 11) is 0. The fourth-order valence-electron chi connectivity index (χ4n) is 5.00. The summed E-state index contributed by atoms with van der Waals surface area (Å²) in [4.78, 5) is 12.6. The highest BCUT2D eigenvalue weighted by atomic mass is 35.5. The maximum absolute atomic E-state index is 11.0. The van der Waals surface area contributed by atoms with E-state index in [1.54, 1.807) is 6.07 Å². The number of hydrogen-bond acceptors (Lipinski definition) is 3. The van der Waals surface area contributed by atoms with Crippen molar-refractivity contribution in [3.63, 3.8) is 0 Å². The van der Waals surface area contributed by atoms with Gasteiger partial charge in [-0.1, -0.05) is 25.5 Å². The van der Waals surface area contributed by atoms with Crippen LogP contribution in [0.5, 0.6) is 0 Å². The molecule has 0 aliphatic heterocycles. The van der Waals surface area contributed by atoms with Crippen molar-refractivity contribution in [3.05, 3.63) is 34.0 Å². The van der Waals surface area contributed by atoms with E-state index in [1.165, 1.54) is 17.8 Å². The van der Waals surface area contributed by atoms with E-state index in [9.17, 15) is 9.90 Å². The van der Waals surface area contributed by atoms with Gasteiger partial charge in [0.25, 0.3) is 0 Å². The van der Waals surface area contributed by atoms with Gasteiger partial charge in [-0.3, -0.25) is 0 Å². The van der Waals surface area contributed by atoms with Crippen LogP contribution in [0.1, 0.15) is 79.3 Å². The van der Waals surface area contributed by atoms with Gasteiger partial charge in [-0.25, -0.2) is 4.79 Å². The highest BCUT2D eigenvalue weighted by Crippen LogP contribution is 2.48. The van der Waals surface area contributed by atoms with E-state index in [-0.39, 0.29) is 16.9 Å². The molecule has 28 heavy (non-hydrogen) atoms. The maximum Gasteiger partial charge on any atom is 0.345 e. The molecule has 2 N–H and O–H groups in total. The van der Waals surface area contributed by atoms with Crippen molar-refractivity contribution in [2.24, 2.45) is 17.3 Å². The van der Waals surface area contributed by atoms with Crippen molar-refractivity contribution in [2.75, 3.05) is 0 Å². The number of carboxylic acids is 1. The molecule has 1 unspecified atom stereocenters. The van der Waals surface area contributed by atoms with Crippen LogP contribution in [0.2, 0.25) is 0 Å². The molecular weight excluding hydrogens is 392 g/mol. The predicted molar refractivity (Wildman–Crippen MR) is 116 cm³/mol. The van der Waals surface area contributed by atoms with Crippen molar-refractivity contribution in [1.82, 2.24) is 0 Å². The van der Waals surface area contributed by atoms with Gasteiger partial charge in [0.1, 0.15) is 4.88 Å². The monoisotopic (exact) mass is 424 g/mol. The number of aromatic carboxylic acids is 1. The molecule has 156 valence electrons. The van der Waals surface area contributed by atoms with E-state index in [0.29, 0.717) is 16.7 Å². The van der Waals surface area contributed by atoms with Crippen LogP contribution in [0.3, 0.4) is 0 Å². The van der Waals surface area contributed by atoms with Gasteiger partial charge in [-0.15, -0.1) is 22.9 Å². The Morgan fingerprint density at radius 1 is 1.39 bits per heavy atom. The number of alkyl halides is 1. The molecule has 0 radical (unpaired) electrons. The number of thiophene rings is 1. The first-order chi connectivity index (χ1) is 13.4. The summed E-state index contributed by atoms with van der Waals surface area (Å²) in [6.07, 6.45) is 15.0. The van der Waals surface area contributed by atoms with Crippen LogP contribution in [0.4, 0.5) is 0 Å². The molecule has 2 aliphatic rings. The standard InChI is InChI=1S/C23H33ClO3S/c1-2-23(14-5-15-23)21(25)9-4-8-18-16(10-12-19(18)24)6-3-7-17-11-13-20(28-17)22(26)27/h4,8,11,13,16,18-19,21,25H,2-3,5-7,9-10,12,14-15H2,1H3,(H,26,27)/b8-4+/t16-,18+,19-,21?/m0/s1. The Bertz CT molecular complexity index is 674. The molecule has 1 aromatic rings. The highest BCUT2D eigenvalue weighted by Gasteiger charge is 2.41. The lowest BCUT2D eigenvalue weighted by Gasteiger charge is -2.45. The molecule has 0 saturated heterocycles. The summed E-state index contributed by atoms with van der Waals surface area (Å²) in [5, 5.41) is 19.8. The lowest BCUT2D eigenvalue weighted by atomic mass is 9.63. The van der Waals surface area contributed by atoms with Crippen molar-refractivity contribution in [3.8, 4) is 0 Å². The van der Waals surface area contributed by atoms with Crippen LogP contribution >= 0.6 is 22.9 Å². The second-order valence-electron chi connectivity index (χ2n) is 8.64. The number of carboxylic acid groups (broad SMARTS) is 1. The third-order valence-electron chi connectivity index (χ3n) is 7.12. The lowest BCUT2D eigenvalue weighted by Crippen LogP contribution is -2.40. The van der Waals surface area contributed by atoms with Gasteiger partial charge in [0.15, 0.2) is 0 Å². The lowest BCUT2D eigenvalue weighted by molar-refractivity contribution is -0.0355. The molecule has 3 nitrogen and oxygen atoms in total. The first kappa shape index (κ1) is 21.9. The fraction of sp³-hybridized carbons (Fsp3) is 0.696. The summed E-state index contributed by atoms with van der Waals surface area (Å²) >= 11 is 7.99. The predicted octanol–water partition coefficient (Wildman–Crippen LogP) is 6.29. The quantitative estimate of drug-likeness (QED) is 0.342. The second kappa shape index (κ2) is 9.77. The van der Waals surface area contributed by atoms with E-state index < -0.39 is 5.97 Å². The van der Waals surface area contributed by atoms with E-state index in [1.807, 2.05) is 6.07 Å². The van der Waals surface area contributed by atoms with Crippen molar-refractivity contribution in [2.45, 2.75) is 82.6 Å². The van der Waals surface area contributed by atoms with Crippen molar-refractivity contribution >= 4 is 28.9 Å². The average Bonchev–Trinajstić information content (AvgIpc) is 3.23. The Morgan fingerprint density at radius 2 is 2.18 bits per heavy atom. The van der Waals surface area contributed by atoms with E-state index in [0.717, 1.165) is 62.7 Å². The smallest absolute Gasteiger partial charge is 0.345 e. The van der Waals surface area contributed by atoms with E-state index >= 15 is 0 Å². The summed E-state index contributed by atoms with van der Waals surface area (Å²) in [6, 6.07) is 3.64. The SMILES string of the molecule is CCC1(C(O)C/C=C/[C@@H]2[C@@H](CCCc3ccc(C(=O)O)s3)CC[C@@H]2Cl)CCC1. The zero-order valence-electron chi connectivity index (χ0n) is 16.8. The van der Waals surface area contributed by atoms with Crippen LogP contribution in [-0.2, 0) is 6.42 Å². The molecule has 0 bridgehead atoms. The molecule has 3 rings (SSSR count). The minimum atomic E-state index is -0.837. The number of halogens is 1. The van der Waals surface area contributed by atoms with Gasteiger partial charge in [0, 0.05) is 10.3 Å². The average molecular weight is 425 g/mol. The number of aryl methyl sites for hydroxylation is 1. The van der Waals surface area contributed by atoms with Crippen LogP contribution in [0.25, 0.3) is 0 Å². The molecule has 5 heteroatoms. The Hall–Kier alpha value is -0.840. The fourth-order valence-corrected chi connectivity index (χ4v) is 6.31. The number of aliphatic hydroxyl groups is 1. The molecular formula is C23H33ClO3S. The molecule has 1 aromatic heterocycles. The Morgan fingerprint density at radius 3 is 2.79 bits per heavy atom. The van der Waals surface area contributed by atoms with Crippen LogP contribution in [-0.4, -0.2) is 27.7 Å². The van der Waals surface area contributed by atoms with Crippen LogP contribution < -0.4 is 0 Å². The van der Waals surface area contributed by atoms with Crippen molar-refractivity contribution < 1.29 is 15.0 Å². The Kier molecular flexibility index (Phi) is 7.63. The van der Waals surface area contributed by atoms with Gasteiger partial charge in [0.2, 0.25) is 0 Å². The first-order valence-electron chi connectivity index (χ1n) is 10.8. The number of aliphatic hydroxyl groups excluding tert-OH is 1. The van der Waals surface area contributed by atoms with Gasteiger partial charge in [0.05, 0.1) is 6.10 Å². The largest absolute Gasteiger partial charge is 0.477 e. The van der Waals surface area contributed by atoms with Crippen molar-refractivity contribution in [1.29, 1.82) is 0 Å². The minimum absolute atomic E-state index is 0.162. The molecule has 2 aliphatic carbocycles. The molecule has 2 saturated carbocycles. The summed E-state index contributed by atoms with van der Waals surface area (Å²) in [5.74, 6) is 0.153. The number of rotatable bonds is 10. The zero-order chi connectivity index (χ0) is 20.1. The molecule has 4 atom stereocenters. The third-order valence-corrected chi connectivity index (χ3v) is 8.77. The molecule has 0 aromatic carbocycles. The van der Waals surface area contributed by atoms with Gasteiger partial charge in [-0.05, 0) is 87.2 Å². The summed E-state index contributed by atoms with van der Waals surface area (Å²) in [6.45, 7) is 2.20. The second-order valence-corrected chi connectivity index (χ2v) is 10.4. The summed E-state index contributed by atoms with van der Waals surface area (Å²) in [5.41, 5.74) is 0.162. The van der Waals surface area contributed by atoms with E-state index in [4.69, 9.17) is 16.7 Å². The Labute approximate surface area is 177 Å². The number of hydrogen-bond donors (Lipinski definition) is 2. The van der Waals surface area contributed by atoms with Gasteiger partial charge < -0.3 is 10.2 Å². The van der Waals surface area contributed by atoms with Crippen LogP contribution in [0, 0.1) is 17.3 Å². The molecule has 0 amide bonds. The molecule has 1 heterocycles. The minimum Gasteiger partial charge on any atom is -0.477 e. The maximum atomic E-state index is 11.0. The number of carbonyl (C=O) groups is 1. The topological polar surface area (TPSA) is 57.5 Å². The highest BCUT2D eigenvalue weighted by molar-refractivity contribution is 7.13. The molecule has 2 fully saturated rings.